The largest absolute Gasteiger partial charge is 0.457 e. The van der Waals surface area contributed by atoms with Crippen LogP contribution in [-0.4, -0.2) is 23.9 Å². The van der Waals surface area contributed by atoms with Crippen molar-refractivity contribution in [1.82, 2.24) is 4.90 Å². The predicted octanol–water partition coefficient (Wildman–Crippen LogP) is 7.16. The van der Waals surface area contributed by atoms with Crippen LogP contribution in [0.4, 0.5) is 5.69 Å². The van der Waals surface area contributed by atoms with Gasteiger partial charge in [-0.05, 0) is 67.7 Å². The number of likely N-dealkylation sites (tertiary alicyclic amines) is 1. The fraction of sp³-hybridized carbons (Fsp3) is 0.250. The normalized spacial score (nSPS) is 16.1. The van der Waals surface area contributed by atoms with E-state index >= 15 is 0 Å². The topological polar surface area (TPSA) is 45.5 Å². The third-order valence-electron chi connectivity index (χ3n) is 6.53. The molecule has 2 heterocycles. The van der Waals surface area contributed by atoms with Gasteiger partial charge in [-0.15, -0.1) is 0 Å². The van der Waals surface area contributed by atoms with Crippen LogP contribution in [0, 0.1) is 5.92 Å². The number of benzene rings is 3. The molecule has 1 saturated heterocycles. The molecule has 33 heavy (non-hydrogen) atoms. The van der Waals surface area contributed by atoms with Crippen LogP contribution < -0.4 is 5.32 Å². The van der Waals surface area contributed by atoms with Gasteiger partial charge in [0.15, 0.2) is 5.76 Å². The molecule has 0 aliphatic carbocycles. The minimum Gasteiger partial charge on any atom is -0.457 e. The SMILES string of the molecule is CC1CCN(C(c2ccccc2Cl)c2oc3ccccc3c2NC(=O)c2ccccc2)CC1. The van der Waals surface area contributed by atoms with Gasteiger partial charge in [-0.1, -0.05) is 67.1 Å². The average Bonchev–Trinajstić information content (AvgIpc) is 3.20. The van der Waals surface area contributed by atoms with Crippen LogP contribution >= 0.6 is 11.6 Å². The maximum absolute atomic E-state index is 13.2. The molecule has 1 atom stereocenters. The first-order valence-electron chi connectivity index (χ1n) is 11.5. The number of nitrogens with zero attached hydrogens (tertiary/aromatic N) is 1. The molecule has 1 N–H and O–H groups in total. The summed E-state index contributed by atoms with van der Waals surface area (Å²) < 4.78 is 6.47. The summed E-state index contributed by atoms with van der Waals surface area (Å²) in [5, 5.41) is 4.75. The number of furan rings is 1. The monoisotopic (exact) mass is 458 g/mol. The van der Waals surface area contributed by atoms with E-state index in [1.54, 1.807) is 0 Å². The molecular formula is C28H27ClN2O2. The van der Waals surface area contributed by atoms with E-state index in [1.807, 2.05) is 72.8 Å². The van der Waals surface area contributed by atoms with Crippen molar-refractivity contribution in [3.63, 3.8) is 0 Å². The quantitative estimate of drug-likeness (QED) is 0.345. The van der Waals surface area contributed by atoms with Crippen molar-refractivity contribution >= 4 is 34.2 Å². The third kappa shape index (κ3) is 4.41. The number of hydrogen-bond acceptors (Lipinski definition) is 3. The van der Waals surface area contributed by atoms with Gasteiger partial charge in [-0.25, -0.2) is 0 Å². The van der Waals surface area contributed by atoms with Gasteiger partial charge >= 0.3 is 0 Å². The second-order valence-electron chi connectivity index (χ2n) is 8.80. The standard InChI is InChI=1S/C28H27ClN2O2/c1-19-15-17-31(18-16-19)26(21-11-5-7-13-23(21)29)27-25(22-12-6-8-14-24(22)33-27)30-28(32)20-9-3-2-4-10-20/h2-14,19,26H,15-18H2,1H3,(H,30,32). The Morgan fingerprint density at radius 2 is 1.64 bits per heavy atom. The lowest BCUT2D eigenvalue weighted by Gasteiger charge is -2.36. The van der Waals surface area contributed by atoms with Gasteiger partial charge < -0.3 is 9.73 Å². The number of carbonyl (C=O) groups is 1. The second kappa shape index (κ2) is 9.42. The molecule has 1 fully saturated rings. The molecule has 5 heteroatoms. The van der Waals surface area contributed by atoms with E-state index in [0.29, 0.717) is 22.2 Å². The number of halogens is 1. The summed E-state index contributed by atoms with van der Waals surface area (Å²) >= 11 is 6.71. The van der Waals surface area contributed by atoms with Gasteiger partial charge in [0, 0.05) is 16.0 Å². The van der Waals surface area contributed by atoms with E-state index in [0.717, 1.165) is 48.2 Å². The molecular weight excluding hydrogens is 432 g/mol. The van der Waals surface area contributed by atoms with E-state index in [-0.39, 0.29) is 11.9 Å². The first-order valence-corrected chi connectivity index (χ1v) is 11.9. The summed E-state index contributed by atoms with van der Waals surface area (Å²) in [6.45, 7) is 4.19. The molecule has 4 aromatic rings. The second-order valence-corrected chi connectivity index (χ2v) is 9.21. The van der Waals surface area contributed by atoms with Crippen molar-refractivity contribution in [2.75, 3.05) is 18.4 Å². The summed E-state index contributed by atoms with van der Waals surface area (Å²) in [6, 6.07) is 24.8. The maximum Gasteiger partial charge on any atom is 0.255 e. The molecule has 1 amide bonds. The molecule has 168 valence electrons. The van der Waals surface area contributed by atoms with E-state index in [9.17, 15) is 4.79 Å². The third-order valence-corrected chi connectivity index (χ3v) is 6.87. The lowest BCUT2D eigenvalue weighted by atomic mass is 9.94. The number of hydrogen-bond donors (Lipinski definition) is 1. The lowest BCUT2D eigenvalue weighted by molar-refractivity contribution is 0.102. The highest BCUT2D eigenvalue weighted by molar-refractivity contribution is 6.31. The van der Waals surface area contributed by atoms with E-state index in [1.165, 1.54) is 0 Å². The Hall–Kier alpha value is -3.08. The highest BCUT2D eigenvalue weighted by Crippen LogP contribution is 2.43. The first kappa shape index (κ1) is 21.7. The highest BCUT2D eigenvalue weighted by Gasteiger charge is 2.33. The Balaban J connectivity index is 1.64. The Morgan fingerprint density at radius 3 is 2.39 bits per heavy atom. The van der Waals surface area contributed by atoms with Gasteiger partial charge in [0.05, 0.1) is 11.7 Å². The summed E-state index contributed by atoms with van der Waals surface area (Å²) in [5.41, 5.74) is 3.05. The molecule has 0 spiro atoms. The van der Waals surface area contributed by atoms with Crippen molar-refractivity contribution in [3.05, 3.63) is 101 Å². The van der Waals surface area contributed by atoms with Crippen LogP contribution in [0.3, 0.4) is 0 Å². The zero-order chi connectivity index (χ0) is 22.8. The molecule has 1 aromatic heterocycles. The zero-order valence-electron chi connectivity index (χ0n) is 18.6. The molecule has 1 unspecified atom stereocenters. The molecule has 0 radical (unpaired) electrons. The van der Waals surface area contributed by atoms with Crippen LogP contribution in [0.1, 0.15) is 47.5 Å². The van der Waals surface area contributed by atoms with E-state index < -0.39 is 0 Å². The molecule has 3 aromatic carbocycles. The van der Waals surface area contributed by atoms with Crippen molar-refractivity contribution in [1.29, 1.82) is 0 Å². The Kier molecular flexibility index (Phi) is 6.21. The average molecular weight is 459 g/mol. The van der Waals surface area contributed by atoms with Crippen LogP contribution in [0.25, 0.3) is 11.0 Å². The number of carbonyl (C=O) groups excluding carboxylic acids is 1. The van der Waals surface area contributed by atoms with Gasteiger partial charge in [0.2, 0.25) is 0 Å². The number of nitrogens with one attached hydrogen (secondary N) is 1. The van der Waals surface area contributed by atoms with Gasteiger partial charge in [0.25, 0.3) is 5.91 Å². The zero-order valence-corrected chi connectivity index (χ0v) is 19.4. The van der Waals surface area contributed by atoms with Crippen LogP contribution in [0.15, 0.2) is 83.3 Å². The van der Waals surface area contributed by atoms with E-state index in [2.05, 4.69) is 23.2 Å². The molecule has 0 saturated carbocycles. The molecule has 1 aliphatic rings. The number of piperidine rings is 1. The summed E-state index contributed by atoms with van der Waals surface area (Å²) in [6.07, 6.45) is 2.24. The van der Waals surface area contributed by atoms with Gasteiger partial charge in [0.1, 0.15) is 5.58 Å². The number of anilines is 1. The number of rotatable bonds is 5. The van der Waals surface area contributed by atoms with Crippen LogP contribution in [-0.2, 0) is 0 Å². The number of para-hydroxylation sites is 1. The van der Waals surface area contributed by atoms with Crippen LogP contribution in [0.5, 0.6) is 0 Å². The molecule has 4 nitrogen and oxygen atoms in total. The van der Waals surface area contributed by atoms with Crippen molar-refractivity contribution in [2.24, 2.45) is 5.92 Å². The lowest BCUT2D eigenvalue weighted by Crippen LogP contribution is -2.37. The number of amides is 1. The number of fused-ring (bicyclic) bond motifs is 1. The molecule has 5 rings (SSSR count). The van der Waals surface area contributed by atoms with Crippen LogP contribution in [0.2, 0.25) is 5.02 Å². The fourth-order valence-electron chi connectivity index (χ4n) is 4.65. The minimum absolute atomic E-state index is 0.159. The van der Waals surface area contributed by atoms with E-state index in [4.69, 9.17) is 16.0 Å². The summed E-state index contributed by atoms with van der Waals surface area (Å²) in [7, 11) is 0. The molecule has 1 aliphatic heterocycles. The van der Waals surface area contributed by atoms with Crippen molar-refractivity contribution in [2.45, 2.75) is 25.8 Å². The van der Waals surface area contributed by atoms with Gasteiger partial charge in [-0.3, -0.25) is 9.69 Å². The van der Waals surface area contributed by atoms with Crippen molar-refractivity contribution < 1.29 is 9.21 Å². The first-order chi connectivity index (χ1) is 16.1. The maximum atomic E-state index is 13.2. The van der Waals surface area contributed by atoms with Crippen molar-refractivity contribution in [3.8, 4) is 0 Å². The highest BCUT2D eigenvalue weighted by atomic mass is 35.5. The summed E-state index contributed by atoms with van der Waals surface area (Å²) in [5.74, 6) is 1.26. The smallest absolute Gasteiger partial charge is 0.255 e. The Bertz CT molecular complexity index is 1260. The fourth-order valence-corrected chi connectivity index (χ4v) is 4.89. The Labute approximate surface area is 199 Å². The summed E-state index contributed by atoms with van der Waals surface area (Å²) in [4.78, 5) is 15.6. The minimum atomic E-state index is -0.190. The van der Waals surface area contributed by atoms with Gasteiger partial charge in [-0.2, -0.15) is 0 Å². The Morgan fingerprint density at radius 1 is 0.970 bits per heavy atom. The predicted molar refractivity (Wildman–Crippen MR) is 134 cm³/mol. The molecule has 0 bridgehead atoms.